The van der Waals surface area contributed by atoms with Gasteiger partial charge in [-0.1, -0.05) is 32.0 Å². The second kappa shape index (κ2) is 7.64. The molecule has 1 aromatic carbocycles. The SMILES string of the molecule is CCc1cccc(CC)c1NC(=O)COc1ncnc2sc3c(c12)CCC3. The minimum absolute atomic E-state index is 0.0576. The van der Waals surface area contributed by atoms with Crippen LogP contribution in [-0.2, 0) is 30.5 Å². The molecule has 3 aromatic rings. The molecule has 0 unspecified atom stereocenters. The van der Waals surface area contributed by atoms with Gasteiger partial charge < -0.3 is 10.1 Å². The number of carbonyl (C=O) groups excluding carboxylic acids is 1. The van der Waals surface area contributed by atoms with E-state index in [2.05, 4.69) is 41.3 Å². The van der Waals surface area contributed by atoms with Gasteiger partial charge in [0.2, 0.25) is 5.88 Å². The zero-order valence-corrected chi connectivity index (χ0v) is 16.5. The highest BCUT2D eigenvalue weighted by molar-refractivity contribution is 7.18. The number of nitrogens with one attached hydrogen (secondary N) is 1. The predicted molar refractivity (Wildman–Crippen MR) is 109 cm³/mol. The van der Waals surface area contributed by atoms with Gasteiger partial charge in [0.1, 0.15) is 11.2 Å². The van der Waals surface area contributed by atoms with Crippen LogP contribution in [0, 0.1) is 0 Å². The number of hydrogen-bond acceptors (Lipinski definition) is 5. The van der Waals surface area contributed by atoms with Crippen LogP contribution in [0.5, 0.6) is 5.88 Å². The van der Waals surface area contributed by atoms with Crippen molar-refractivity contribution >= 4 is 33.1 Å². The summed E-state index contributed by atoms with van der Waals surface area (Å²) in [5.41, 5.74) is 4.50. The molecule has 1 aliphatic carbocycles. The third-order valence-electron chi connectivity index (χ3n) is 5.07. The highest BCUT2D eigenvalue weighted by Gasteiger charge is 2.22. The summed E-state index contributed by atoms with van der Waals surface area (Å²) in [5, 5.41) is 4.03. The molecule has 1 aliphatic rings. The molecule has 0 fully saturated rings. The van der Waals surface area contributed by atoms with Gasteiger partial charge in [-0.2, -0.15) is 0 Å². The van der Waals surface area contributed by atoms with Gasteiger partial charge in [0.05, 0.1) is 5.39 Å². The summed E-state index contributed by atoms with van der Waals surface area (Å²) in [6, 6.07) is 6.15. The number of aromatic nitrogens is 2. The monoisotopic (exact) mass is 381 g/mol. The summed E-state index contributed by atoms with van der Waals surface area (Å²) < 4.78 is 5.83. The van der Waals surface area contributed by atoms with E-state index < -0.39 is 0 Å². The molecule has 2 heterocycles. The molecule has 140 valence electrons. The molecule has 0 atom stereocenters. The lowest BCUT2D eigenvalue weighted by molar-refractivity contribution is -0.118. The average molecular weight is 382 g/mol. The van der Waals surface area contributed by atoms with Gasteiger partial charge in [-0.05, 0) is 48.8 Å². The van der Waals surface area contributed by atoms with Crippen molar-refractivity contribution in [3.63, 3.8) is 0 Å². The molecule has 0 spiro atoms. The summed E-state index contributed by atoms with van der Waals surface area (Å²) >= 11 is 1.72. The van der Waals surface area contributed by atoms with E-state index >= 15 is 0 Å². The van der Waals surface area contributed by atoms with E-state index in [9.17, 15) is 4.79 Å². The topological polar surface area (TPSA) is 64.1 Å². The molecule has 0 saturated carbocycles. The number of carbonyl (C=O) groups is 1. The number of aryl methyl sites for hydroxylation is 4. The third kappa shape index (κ3) is 3.41. The van der Waals surface area contributed by atoms with Crippen molar-refractivity contribution in [1.82, 2.24) is 9.97 Å². The molecular weight excluding hydrogens is 358 g/mol. The molecule has 0 radical (unpaired) electrons. The van der Waals surface area contributed by atoms with Crippen molar-refractivity contribution in [2.24, 2.45) is 0 Å². The molecule has 5 nitrogen and oxygen atoms in total. The maximum atomic E-state index is 12.6. The lowest BCUT2D eigenvalue weighted by Gasteiger charge is -2.14. The van der Waals surface area contributed by atoms with Gasteiger partial charge in [-0.25, -0.2) is 9.97 Å². The second-order valence-electron chi connectivity index (χ2n) is 6.71. The van der Waals surface area contributed by atoms with Crippen LogP contribution in [0.4, 0.5) is 5.69 Å². The number of amides is 1. The van der Waals surface area contributed by atoms with Crippen LogP contribution in [0.2, 0.25) is 0 Å². The number of ether oxygens (including phenoxy) is 1. The summed E-state index contributed by atoms with van der Waals surface area (Å²) in [6.45, 7) is 4.13. The van der Waals surface area contributed by atoms with Crippen molar-refractivity contribution in [1.29, 1.82) is 0 Å². The number of anilines is 1. The first kappa shape index (κ1) is 17.9. The Labute approximate surface area is 162 Å². The van der Waals surface area contributed by atoms with Crippen LogP contribution in [0.3, 0.4) is 0 Å². The van der Waals surface area contributed by atoms with E-state index in [1.54, 1.807) is 11.3 Å². The van der Waals surface area contributed by atoms with Crippen LogP contribution >= 0.6 is 11.3 Å². The largest absolute Gasteiger partial charge is 0.467 e. The summed E-state index contributed by atoms with van der Waals surface area (Å²) in [5.74, 6) is 0.360. The van der Waals surface area contributed by atoms with Crippen LogP contribution in [0.1, 0.15) is 41.8 Å². The highest BCUT2D eigenvalue weighted by Crippen LogP contribution is 2.39. The van der Waals surface area contributed by atoms with Gasteiger partial charge >= 0.3 is 0 Å². The number of nitrogens with zero attached hydrogens (tertiary/aromatic N) is 2. The number of para-hydroxylation sites is 1. The minimum Gasteiger partial charge on any atom is -0.467 e. The van der Waals surface area contributed by atoms with E-state index in [0.29, 0.717) is 5.88 Å². The van der Waals surface area contributed by atoms with Gasteiger partial charge in [-0.15, -0.1) is 11.3 Å². The summed E-state index contributed by atoms with van der Waals surface area (Å²) in [6.07, 6.45) is 6.57. The van der Waals surface area contributed by atoms with Crippen LogP contribution in [0.15, 0.2) is 24.5 Å². The fraction of sp³-hybridized carbons (Fsp3) is 0.381. The van der Waals surface area contributed by atoms with Crippen molar-refractivity contribution in [3.05, 3.63) is 46.1 Å². The number of hydrogen-bond donors (Lipinski definition) is 1. The lowest BCUT2D eigenvalue weighted by atomic mass is 10.0. The molecule has 6 heteroatoms. The van der Waals surface area contributed by atoms with Gasteiger partial charge in [0.15, 0.2) is 6.61 Å². The summed E-state index contributed by atoms with van der Waals surface area (Å²) in [7, 11) is 0. The van der Waals surface area contributed by atoms with Gasteiger partial charge in [-0.3, -0.25) is 4.79 Å². The molecule has 4 rings (SSSR count). The smallest absolute Gasteiger partial charge is 0.262 e. The Kier molecular flexibility index (Phi) is 5.07. The van der Waals surface area contributed by atoms with E-state index in [1.165, 1.54) is 23.2 Å². The van der Waals surface area contributed by atoms with Crippen molar-refractivity contribution in [2.75, 3.05) is 11.9 Å². The number of benzene rings is 1. The molecule has 2 aromatic heterocycles. The Morgan fingerprint density at radius 3 is 2.70 bits per heavy atom. The van der Waals surface area contributed by atoms with Crippen LogP contribution in [-0.4, -0.2) is 22.5 Å². The average Bonchev–Trinajstić information content (AvgIpc) is 3.27. The van der Waals surface area contributed by atoms with E-state index in [-0.39, 0.29) is 12.5 Å². The van der Waals surface area contributed by atoms with Crippen molar-refractivity contribution < 1.29 is 9.53 Å². The third-order valence-corrected chi connectivity index (χ3v) is 6.27. The molecule has 0 saturated heterocycles. The quantitative estimate of drug-likeness (QED) is 0.690. The first-order valence-electron chi connectivity index (χ1n) is 9.49. The van der Waals surface area contributed by atoms with Crippen molar-refractivity contribution in [2.45, 2.75) is 46.0 Å². The standard InChI is InChI=1S/C21H23N3O2S/c1-3-13-7-5-8-14(4-2)19(13)24-17(25)11-26-20-18-15-9-6-10-16(15)27-21(18)23-12-22-20/h5,7-8,12H,3-4,6,9-11H2,1-2H3,(H,24,25). The van der Waals surface area contributed by atoms with Crippen molar-refractivity contribution in [3.8, 4) is 5.88 Å². The molecule has 0 aliphatic heterocycles. The van der Waals surface area contributed by atoms with Gasteiger partial charge in [0.25, 0.3) is 5.91 Å². The first-order valence-corrected chi connectivity index (χ1v) is 10.3. The number of fused-ring (bicyclic) bond motifs is 3. The molecule has 1 amide bonds. The fourth-order valence-corrected chi connectivity index (χ4v) is 4.94. The Hall–Kier alpha value is -2.47. The summed E-state index contributed by atoms with van der Waals surface area (Å²) in [4.78, 5) is 23.6. The highest BCUT2D eigenvalue weighted by atomic mass is 32.1. The Balaban J connectivity index is 1.52. The predicted octanol–water partition coefficient (Wildman–Crippen LogP) is 4.32. The Morgan fingerprint density at radius 1 is 1.19 bits per heavy atom. The molecular formula is C21H23N3O2S. The normalized spacial score (nSPS) is 13.0. The lowest BCUT2D eigenvalue weighted by Crippen LogP contribution is -2.22. The zero-order chi connectivity index (χ0) is 18.8. The van der Waals surface area contributed by atoms with Crippen LogP contribution in [0.25, 0.3) is 10.2 Å². The Bertz CT molecular complexity index is 974. The molecule has 0 bridgehead atoms. The van der Waals surface area contributed by atoms with E-state index in [0.717, 1.165) is 52.7 Å². The number of thiophene rings is 1. The molecule has 27 heavy (non-hydrogen) atoms. The minimum atomic E-state index is -0.163. The van der Waals surface area contributed by atoms with Crippen LogP contribution < -0.4 is 10.1 Å². The number of rotatable bonds is 6. The van der Waals surface area contributed by atoms with Gasteiger partial charge in [0, 0.05) is 10.6 Å². The fourth-order valence-electron chi connectivity index (χ4n) is 3.72. The zero-order valence-electron chi connectivity index (χ0n) is 15.7. The van der Waals surface area contributed by atoms with E-state index in [4.69, 9.17) is 4.74 Å². The first-order chi connectivity index (χ1) is 13.2. The Morgan fingerprint density at radius 2 is 1.96 bits per heavy atom. The van der Waals surface area contributed by atoms with E-state index in [1.807, 2.05) is 6.07 Å². The maximum Gasteiger partial charge on any atom is 0.262 e. The second-order valence-corrected chi connectivity index (χ2v) is 7.80. The molecule has 1 N–H and O–H groups in total. The maximum absolute atomic E-state index is 12.6.